The normalized spacial score (nSPS) is 13.3. The smallest absolute Gasteiger partial charge is 0.407 e. The Morgan fingerprint density at radius 1 is 1.44 bits per heavy atom. The average Bonchev–Trinajstić information content (AvgIpc) is 2.12. The molecule has 0 fully saturated rings. The summed E-state index contributed by atoms with van der Waals surface area (Å²) in [4.78, 5) is 11.3. The van der Waals surface area contributed by atoms with E-state index in [4.69, 9.17) is 10.5 Å². The van der Waals surface area contributed by atoms with Crippen molar-refractivity contribution in [1.82, 2.24) is 5.32 Å². The molecule has 0 aromatic carbocycles. The number of rotatable bonds is 6. The van der Waals surface area contributed by atoms with Crippen LogP contribution in [0, 0.1) is 0 Å². The minimum atomic E-state index is -0.449. The van der Waals surface area contributed by atoms with Crippen molar-refractivity contribution in [3.05, 3.63) is 0 Å². The molecule has 5 heteroatoms. The predicted octanol–water partition coefficient (Wildman–Crippen LogP) is 2.44. The first-order valence-corrected chi connectivity index (χ1v) is 7.16. The predicted molar refractivity (Wildman–Crippen MR) is 75.0 cm³/mol. The number of amides is 1. The number of unbranched alkanes of at least 4 members (excludes halogenated alkanes) is 1. The molecule has 0 bridgehead atoms. The van der Waals surface area contributed by atoms with Crippen LogP contribution in [-0.2, 0) is 4.74 Å². The van der Waals surface area contributed by atoms with Gasteiger partial charge in [-0.15, -0.1) is 0 Å². The lowest BCUT2D eigenvalue weighted by molar-refractivity contribution is 0.0524. The summed E-state index contributed by atoms with van der Waals surface area (Å²) < 4.78 is 6.26. The van der Waals surface area contributed by atoms with E-state index in [0.29, 0.717) is 6.54 Å². The van der Waals surface area contributed by atoms with Gasteiger partial charge < -0.3 is 15.8 Å². The van der Waals surface area contributed by atoms with Crippen molar-refractivity contribution in [1.29, 1.82) is 0 Å². The minimum Gasteiger partial charge on any atom is -0.444 e. The summed E-state index contributed by atoms with van der Waals surface area (Å²) in [5, 5.41) is 2.68. The van der Waals surface area contributed by atoms with E-state index < -0.39 is 11.7 Å². The number of ether oxygens (including phenoxy) is 1. The third kappa shape index (κ3) is 10.5. The van der Waals surface area contributed by atoms with Crippen LogP contribution in [-0.4, -0.2) is 28.7 Å². The Bertz CT molecular complexity index is 205. The number of halogens is 1. The molecular weight excluding hydrogens is 319 g/mol. The quantitative estimate of drug-likeness (QED) is 0.443. The average molecular weight is 342 g/mol. The Morgan fingerprint density at radius 2 is 2.06 bits per heavy atom. The van der Waals surface area contributed by atoms with E-state index in [1.54, 1.807) is 0 Å². The van der Waals surface area contributed by atoms with Crippen molar-refractivity contribution in [3.63, 3.8) is 0 Å². The van der Waals surface area contributed by atoms with Gasteiger partial charge in [-0.2, -0.15) is 0 Å². The Kier molecular flexibility index (Phi) is 8.09. The minimum absolute atomic E-state index is 0.0236. The summed E-state index contributed by atoms with van der Waals surface area (Å²) in [6, 6.07) is 0.0236. The number of nitrogens with one attached hydrogen (secondary N) is 1. The monoisotopic (exact) mass is 342 g/mol. The first-order valence-electron chi connectivity index (χ1n) is 5.63. The maximum atomic E-state index is 11.3. The van der Waals surface area contributed by atoms with Crippen LogP contribution in [0.4, 0.5) is 4.79 Å². The van der Waals surface area contributed by atoms with Gasteiger partial charge in [0.25, 0.3) is 0 Å². The van der Waals surface area contributed by atoms with Crippen LogP contribution in [0.5, 0.6) is 0 Å². The first kappa shape index (κ1) is 16.0. The fraction of sp³-hybridized carbons (Fsp3) is 0.909. The van der Waals surface area contributed by atoms with E-state index in [9.17, 15) is 4.79 Å². The maximum absolute atomic E-state index is 11.3. The lowest BCUT2D eigenvalue weighted by Gasteiger charge is -2.20. The van der Waals surface area contributed by atoms with Crippen molar-refractivity contribution < 1.29 is 9.53 Å². The lowest BCUT2D eigenvalue weighted by Crippen LogP contribution is -2.40. The molecule has 16 heavy (non-hydrogen) atoms. The molecule has 96 valence electrons. The zero-order valence-corrected chi connectivity index (χ0v) is 12.5. The van der Waals surface area contributed by atoms with Gasteiger partial charge >= 0.3 is 6.09 Å². The van der Waals surface area contributed by atoms with E-state index in [1.807, 2.05) is 20.8 Å². The molecule has 0 aliphatic rings. The topological polar surface area (TPSA) is 64.3 Å². The van der Waals surface area contributed by atoms with Gasteiger partial charge in [0.1, 0.15) is 5.60 Å². The van der Waals surface area contributed by atoms with Gasteiger partial charge in [-0.25, -0.2) is 4.79 Å². The molecule has 4 nitrogen and oxygen atoms in total. The van der Waals surface area contributed by atoms with E-state index in [2.05, 4.69) is 27.9 Å². The van der Waals surface area contributed by atoms with Gasteiger partial charge in [-0.1, -0.05) is 29.0 Å². The highest BCUT2D eigenvalue weighted by molar-refractivity contribution is 14.1. The Hall–Kier alpha value is -0.0400. The number of alkyl halides is 1. The molecular formula is C11H23IN2O2. The van der Waals surface area contributed by atoms with Crippen LogP contribution >= 0.6 is 22.6 Å². The lowest BCUT2D eigenvalue weighted by atomic mass is 10.1. The molecule has 0 aliphatic carbocycles. The van der Waals surface area contributed by atoms with Crippen LogP contribution in [0.15, 0.2) is 0 Å². The van der Waals surface area contributed by atoms with Gasteiger partial charge in [-0.05, 0) is 38.0 Å². The second-order valence-corrected chi connectivity index (χ2v) is 5.91. The number of carbonyl (C=O) groups excluding carboxylic acids is 1. The number of hydrogen-bond donors (Lipinski definition) is 2. The summed E-state index contributed by atoms with van der Waals surface area (Å²) in [6.07, 6.45) is 2.84. The molecule has 0 aliphatic heterocycles. The number of nitrogens with two attached hydrogens (primary N) is 1. The number of alkyl carbamates (subject to hydrolysis) is 1. The van der Waals surface area contributed by atoms with Crippen molar-refractivity contribution in [3.8, 4) is 0 Å². The fourth-order valence-corrected chi connectivity index (χ4v) is 1.67. The largest absolute Gasteiger partial charge is 0.444 e. The molecule has 0 aromatic rings. The van der Waals surface area contributed by atoms with Crippen molar-refractivity contribution >= 4 is 28.7 Å². The molecule has 0 radical (unpaired) electrons. The van der Waals surface area contributed by atoms with Crippen molar-refractivity contribution in [2.75, 3.05) is 11.0 Å². The number of carbonyl (C=O) groups is 1. The fourth-order valence-electron chi connectivity index (χ4n) is 1.13. The van der Waals surface area contributed by atoms with Crippen LogP contribution < -0.4 is 11.1 Å². The van der Waals surface area contributed by atoms with Crippen molar-refractivity contribution in [2.24, 2.45) is 5.73 Å². The van der Waals surface area contributed by atoms with E-state index in [-0.39, 0.29) is 6.04 Å². The Balaban J connectivity index is 3.59. The third-order valence-electron chi connectivity index (χ3n) is 1.87. The SMILES string of the molecule is CC(C)(C)OC(=O)NCC(N)CCCCI. The maximum Gasteiger partial charge on any atom is 0.407 e. The highest BCUT2D eigenvalue weighted by Crippen LogP contribution is 2.06. The first-order chi connectivity index (χ1) is 7.35. The molecule has 0 saturated heterocycles. The summed E-state index contributed by atoms with van der Waals surface area (Å²) in [7, 11) is 0. The number of hydrogen-bond acceptors (Lipinski definition) is 3. The molecule has 1 unspecified atom stereocenters. The molecule has 0 heterocycles. The highest BCUT2D eigenvalue weighted by Gasteiger charge is 2.16. The van der Waals surface area contributed by atoms with Crippen LogP contribution in [0.3, 0.4) is 0 Å². The molecule has 1 amide bonds. The molecule has 1 atom stereocenters. The summed E-state index contributed by atoms with van der Waals surface area (Å²) in [5.74, 6) is 0. The second kappa shape index (κ2) is 8.11. The Labute approximate surface area is 112 Å². The zero-order chi connectivity index (χ0) is 12.6. The summed E-state index contributed by atoms with van der Waals surface area (Å²) >= 11 is 2.35. The van der Waals surface area contributed by atoms with Gasteiger partial charge in [-0.3, -0.25) is 0 Å². The standard InChI is InChI=1S/C11H23IN2O2/c1-11(2,3)16-10(15)14-8-9(13)6-4-5-7-12/h9H,4-8,13H2,1-3H3,(H,14,15). The van der Waals surface area contributed by atoms with Crippen molar-refractivity contribution in [2.45, 2.75) is 51.7 Å². The van der Waals surface area contributed by atoms with E-state index in [0.717, 1.165) is 17.3 Å². The van der Waals surface area contributed by atoms with Crippen LogP contribution in [0.1, 0.15) is 40.0 Å². The van der Waals surface area contributed by atoms with E-state index in [1.165, 1.54) is 6.42 Å². The van der Waals surface area contributed by atoms with Crippen LogP contribution in [0.2, 0.25) is 0 Å². The molecule has 3 N–H and O–H groups in total. The zero-order valence-electron chi connectivity index (χ0n) is 10.4. The molecule has 0 saturated carbocycles. The second-order valence-electron chi connectivity index (χ2n) is 4.83. The Morgan fingerprint density at radius 3 is 2.56 bits per heavy atom. The van der Waals surface area contributed by atoms with Gasteiger partial charge in [0.15, 0.2) is 0 Å². The van der Waals surface area contributed by atoms with E-state index >= 15 is 0 Å². The summed E-state index contributed by atoms with van der Waals surface area (Å²) in [6.45, 7) is 6.00. The van der Waals surface area contributed by atoms with Gasteiger partial charge in [0.05, 0.1) is 0 Å². The third-order valence-corrected chi connectivity index (χ3v) is 2.63. The summed E-state index contributed by atoms with van der Waals surface area (Å²) in [5.41, 5.74) is 5.40. The van der Waals surface area contributed by atoms with Gasteiger partial charge in [0.2, 0.25) is 0 Å². The molecule has 0 spiro atoms. The molecule has 0 rings (SSSR count). The van der Waals surface area contributed by atoms with Gasteiger partial charge in [0, 0.05) is 12.6 Å². The molecule has 0 aromatic heterocycles. The highest BCUT2D eigenvalue weighted by atomic mass is 127. The van der Waals surface area contributed by atoms with Crippen LogP contribution in [0.25, 0.3) is 0 Å².